The number of alkyl halides is 1. The maximum Gasteiger partial charge on any atom is 0.238 e. The smallest absolute Gasteiger partial charge is 0.225 e. The maximum atomic E-state index is 11.0. The first-order valence-corrected chi connectivity index (χ1v) is 6.88. The van der Waals surface area contributed by atoms with Crippen molar-refractivity contribution in [2.75, 3.05) is 5.33 Å². The van der Waals surface area contributed by atoms with Crippen LogP contribution in [0.3, 0.4) is 0 Å². The molecule has 0 spiro atoms. The number of halogens is 1. The highest BCUT2D eigenvalue weighted by atomic mass is 79.9. The van der Waals surface area contributed by atoms with Gasteiger partial charge in [-0.25, -0.2) is 13.6 Å². The van der Waals surface area contributed by atoms with Crippen LogP contribution in [0.25, 0.3) is 0 Å². The van der Waals surface area contributed by atoms with Gasteiger partial charge in [0.2, 0.25) is 10.0 Å². The van der Waals surface area contributed by atoms with Crippen molar-refractivity contribution in [2.24, 2.45) is 5.14 Å². The molecule has 0 fully saturated rings. The van der Waals surface area contributed by atoms with Crippen molar-refractivity contribution < 1.29 is 8.42 Å². The molecule has 0 saturated carbocycles. The van der Waals surface area contributed by atoms with Crippen molar-refractivity contribution in [3.63, 3.8) is 0 Å². The molecule has 0 saturated heterocycles. The number of benzene rings is 1. The van der Waals surface area contributed by atoms with Crippen LogP contribution in [0.4, 0.5) is 0 Å². The van der Waals surface area contributed by atoms with Gasteiger partial charge in [-0.3, -0.25) is 0 Å². The second-order valence-electron chi connectivity index (χ2n) is 2.81. The Hall–Kier alpha value is -0.830. The third-order valence-corrected chi connectivity index (χ3v) is 2.92. The molecule has 1 rings (SSSR count). The van der Waals surface area contributed by atoms with E-state index in [1.165, 1.54) is 12.1 Å². The molecule has 3 nitrogen and oxygen atoms in total. The molecule has 5 heteroatoms. The second kappa shape index (κ2) is 5.31. The molecule has 15 heavy (non-hydrogen) atoms. The number of primary sulfonamides is 1. The summed E-state index contributed by atoms with van der Waals surface area (Å²) in [6, 6.07) is 6.29. The number of hydrogen-bond donors (Lipinski definition) is 1. The van der Waals surface area contributed by atoms with Crippen molar-refractivity contribution in [3.8, 4) is 11.8 Å². The van der Waals surface area contributed by atoms with Crippen LogP contribution in [0.5, 0.6) is 0 Å². The van der Waals surface area contributed by atoms with Crippen LogP contribution in [0, 0.1) is 11.8 Å². The first-order valence-electron chi connectivity index (χ1n) is 4.22. The summed E-state index contributed by atoms with van der Waals surface area (Å²) in [5, 5.41) is 5.80. The Labute approximate surface area is 97.9 Å². The number of sulfonamides is 1. The third kappa shape index (κ3) is 4.04. The number of hydrogen-bond acceptors (Lipinski definition) is 2. The topological polar surface area (TPSA) is 60.2 Å². The minimum Gasteiger partial charge on any atom is -0.225 e. The lowest BCUT2D eigenvalue weighted by Crippen LogP contribution is -2.11. The highest BCUT2D eigenvalue weighted by Crippen LogP contribution is 2.08. The van der Waals surface area contributed by atoms with Gasteiger partial charge in [0.25, 0.3) is 0 Å². The lowest BCUT2D eigenvalue weighted by atomic mass is 10.2. The van der Waals surface area contributed by atoms with Crippen LogP contribution in [0.15, 0.2) is 29.2 Å². The monoisotopic (exact) mass is 287 g/mol. The summed E-state index contributed by atoms with van der Waals surface area (Å²) in [7, 11) is -3.63. The van der Waals surface area contributed by atoms with E-state index in [0.29, 0.717) is 5.56 Å². The SMILES string of the molecule is NS(=O)(=O)c1cccc(C#CCCBr)c1. The van der Waals surface area contributed by atoms with Crippen molar-refractivity contribution in [2.45, 2.75) is 11.3 Å². The zero-order valence-electron chi connectivity index (χ0n) is 7.90. The predicted molar refractivity (Wildman–Crippen MR) is 63.1 cm³/mol. The largest absolute Gasteiger partial charge is 0.238 e. The summed E-state index contributed by atoms with van der Waals surface area (Å²) in [6.45, 7) is 0. The molecule has 0 aliphatic rings. The van der Waals surface area contributed by atoms with E-state index in [2.05, 4.69) is 27.8 Å². The van der Waals surface area contributed by atoms with E-state index in [0.717, 1.165) is 11.8 Å². The zero-order chi connectivity index (χ0) is 11.3. The van der Waals surface area contributed by atoms with E-state index >= 15 is 0 Å². The quantitative estimate of drug-likeness (QED) is 0.661. The van der Waals surface area contributed by atoms with Gasteiger partial charge in [-0.2, -0.15) is 0 Å². The van der Waals surface area contributed by atoms with Crippen molar-refractivity contribution in [3.05, 3.63) is 29.8 Å². The molecule has 2 N–H and O–H groups in total. The van der Waals surface area contributed by atoms with Crippen LogP contribution in [-0.4, -0.2) is 13.7 Å². The van der Waals surface area contributed by atoms with Gasteiger partial charge < -0.3 is 0 Å². The van der Waals surface area contributed by atoms with E-state index in [4.69, 9.17) is 5.14 Å². The van der Waals surface area contributed by atoms with Gasteiger partial charge in [0.05, 0.1) is 4.90 Å². The molecule has 0 aromatic heterocycles. The van der Waals surface area contributed by atoms with Crippen LogP contribution in [0.2, 0.25) is 0 Å². The summed E-state index contributed by atoms with van der Waals surface area (Å²) in [4.78, 5) is 0.0909. The van der Waals surface area contributed by atoms with E-state index in [1.807, 2.05) is 0 Å². The van der Waals surface area contributed by atoms with Crippen molar-refractivity contribution >= 4 is 26.0 Å². The molecule has 0 aliphatic carbocycles. The van der Waals surface area contributed by atoms with Gasteiger partial charge in [0, 0.05) is 17.3 Å². The van der Waals surface area contributed by atoms with Gasteiger partial charge in [-0.15, -0.1) is 0 Å². The maximum absolute atomic E-state index is 11.0. The van der Waals surface area contributed by atoms with Crippen LogP contribution in [-0.2, 0) is 10.0 Å². The highest BCUT2D eigenvalue weighted by molar-refractivity contribution is 9.09. The first kappa shape index (κ1) is 12.2. The normalized spacial score (nSPS) is 10.5. The van der Waals surface area contributed by atoms with Crippen LogP contribution >= 0.6 is 15.9 Å². The molecule has 0 bridgehead atoms. The Morgan fingerprint density at radius 1 is 1.40 bits per heavy atom. The molecule has 0 heterocycles. The summed E-state index contributed by atoms with van der Waals surface area (Å²) < 4.78 is 22.1. The van der Waals surface area contributed by atoms with Gasteiger partial charge >= 0.3 is 0 Å². The van der Waals surface area contributed by atoms with Gasteiger partial charge in [-0.1, -0.05) is 33.8 Å². The Balaban J connectivity index is 3.00. The number of rotatable bonds is 2. The third-order valence-electron chi connectivity index (χ3n) is 1.61. The zero-order valence-corrected chi connectivity index (χ0v) is 10.3. The molecular weight excluding hydrogens is 278 g/mol. The molecule has 0 unspecified atom stereocenters. The Morgan fingerprint density at radius 2 is 2.13 bits per heavy atom. The minimum absolute atomic E-state index is 0.0909. The highest BCUT2D eigenvalue weighted by Gasteiger charge is 2.06. The standard InChI is InChI=1S/C10H10BrNO2S/c11-7-2-1-4-9-5-3-6-10(8-9)15(12,13)14/h3,5-6,8H,2,7H2,(H2,12,13,14). The molecule has 0 aliphatic heterocycles. The minimum atomic E-state index is -3.63. The molecule has 0 amide bonds. The van der Waals surface area contributed by atoms with Gasteiger partial charge in [0.1, 0.15) is 0 Å². The van der Waals surface area contributed by atoms with Crippen LogP contribution < -0.4 is 5.14 Å². The lowest BCUT2D eigenvalue weighted by Gasteiger charge is -1.97. The van der Waals surface area contributed by atoms with Crippen LogP contribution in [0.1, 0.15) is 12.0 Å². The molecule has 1 aromatic carbocycles. The first-order chi connectivity index (χ1) is 7.04. The predicted octanol–water partition coefficient (Wildman–Crippen LogP) is 1.47. The molecule has 80 valence electrons. The molecule has 1 aromatic rings. The van der Waals surface area contributed by atoms with Gasteiger partial charge in [0.15, 0.2) is 0 Å². The fraction of sp³-hybridized carbons (Fsp3) is 0.200. The van der Waals surface area contributed by atoms with E-state index in [9.17, 15) is 8.42 Å². The summed E-state index contributed by atoms with van der Waals surface area (Å²) in [6.07, 6.45) is 0.722. The average Bonchev–Trinajstić information content (AvgIpc) is 2.17. The molecule has 0 atom stereocenters. The van der Waals surface area contributed by atoms with E-state index < -0.39 is 10.0 Å². The number of nitrogens with two attached hydrogens (primary N) is 1. The summed E-state index contributed by atoms with van der Waals surface area (Å²) in [5.41, 5.74) is 0.655. The fourth-order valence-corrected chi connectivity index (χ4v) is 1.72. The second-order valence-corrected chi connectivity index (χ2v) is 5.17. The molecular formula is C10H10BrNO2S. The summed E-state index contributed by atoms with van der Waals surface area (Å²) >= 11 is 3.25. The van der Waals surface area contributed by atoms with E-state index in [1.54, 1.807) is 12.1 Å². The van der Waals surface area contributed by atoms with Crippen molar-refractivity contribution in [1.82, 2.24) is 0 Å². The van der Waals surface area contributed by atoms with Gasteiger partial charge in [-0.05, 0) is 18.2 Å². The Morgan fingerprint density at radius 3 is 2.73 bits per heavy atom. The Kier molecular flexibility index (Phi) is 4.33. The van der Waals surface area contributed by atoms with Crippen molar-refractivity contribution in [1.29, 1.82) is 0 Å². The average molecular weight is 288 g/mol. The summed E-state index contributed by atoms with van der Waals surface area (Å²) in [5.74, 6) is 5.76. The lowest BCUT2D eigenvalue weighted by molar-refractivity contribution is 0.598. The fourth-order valence-electron chi connectivity index (χ4n) is 0.963. The van der Waals surface area contributed by atoms with E-state index in [-0.39, 0.29) is 4.90 Å². The Bertz CT molecular complexity index is 500. The molecule has 0 radical (unpaired) electrons.